The van der Waals surface area contributed by atoms with Crippen LogP contribution in [0.4, 0.5) is 0 Å². The maximum absolute atomic E-state index is 4.94. The average molecular weight is 432 g/mol. The Kier molecular flexibility index (Phi) is 4.62. The van der Waals surface area contributed by atoms with Crippen LogP contribution in [-0.2, 0) is 6.42 Å². The number of hydrogen-bond acceptors (Lipinski definition) is 2. The van der Waals surface area contributed by atoms with E-state index in [9.17, 15) is 0 Å². The number of allylic oxidation sites excluding steroid dienone is 2. The van der Waals surface area contributed by atoms with E-state index < -0.39 is 0 Å². The van der Waals surface area contributed by atoms with Crippen LogP contribution in [0.15, 0.2) is 71.5 Å². The summed E-state index contributed by atoms with van der Waals surface area (Å²) in [5.74, 6) is 1.96. The van der Waals surface area contributed by atoms with E-state index in [0.717, 1.165) is 24.4 Å². The molecule has 1 aromatic heterocycles. The van der Waals surface area contributed by atoms with E-state index in [2.05, 4.69) is 92.3 Å². The van der Waals surface area contributed by atoms with E-state index in [0.29, 0.717) is 11.8 Å². The minimum absolute atomic E-state index is 0.398. The van der Waals surface area contributed by atoms with Gasteiger partial charge in [0, 0.05) is 35.7 Å². The summed E-state index contributed by atoms with van der Waals surface area (Å²) in [5.41, 5.74) is 11.7. The smallest absolute Gasteiger partial charge is 0.109 e. The number of rotatable bonds is 4. The molecule has 2 heterocycles. The topological polar surface area (TPSA) is 41.0 Å². The Bertz CT molecular complexity index is 1460. The van der Waals surface area contributed by atoms with Crippen molar-refractivity contribution < 1.29 is 0 Å². The Labute approximate surface area is 195 Å². The van der Waals surface area contributed by atoms with Gasteiger partial charge < -0.3 is 4.98 Å². The lowest BCUT2D eigenvalue weighted by atomic mass is 9.94. The number of H-pyrrole nitrogens is 1. The monoisotopic (exact) mass is 431 g/mol. The standard InChI is InChI=1S/C30H29N3/c1-17(2)27-15-26-25-10-9-22(13-24(25)14-28(26)32-27)19-5-6-21-12-23(8-7-20(21)11-19)29-16-31-30(33-29)18(3)4/h5-13,16-18H,14-15H2,1-4H3,(H,31,33). The van der Waals surface area contributed by atoms with Crippen molar-refractivity contribution in [1.29, 1.82) is 0 Å². The number of nitrogens with one attached hydrogen (secondary N) is 1. The van der Waals surface area contributed by atoms with Crippen molar-refractivity contribution in [3.63, 3.8) is 0 Å². The molecule has 0 spiro atoms. The molecule has 0 amide bonds. The molecule has 6 rings (SSSR count). The third kappa shape index (κ3) is 3.43. The molecule has 0 atom stereocenters. The molecular formula is C30H29N3. The molecular weight excluding hydrogens is 402 g/mol. The van der Waals surface area contributed by atoms with Crippen LogP contribution < -0.4 is 0 Å². The molecule has 2 aliphatic rings. The van der Waals surface area contributed by atoms with Crippen molar-refractivity contribution in [3.8, 4) is 22.4 Å². The van der Waals surface area contributed by atoms with Crippen LogP contribution in [0.2, 0.25) is 0 Å². The number of aliphatic imine (C=N–C) groups is 1. The highest BCUT2D eigenvalue weighted by Crippen LogP contribution is 2.42. The summed E-state index contributed by atoms with van der Waals surface area (Å²) >= 11 is 0. The Hall–Kier alpha value is -3.46. The number of imidazole rings is 1. The van der Waals surface area contributed by atoms with E-state index in [1.165, 1.54) is 55.6 Å². The fourth-order valence-corrected chi connectivity index (χ4v) is 5.06. The van der Waals surface area contributed by atoms with Gasteiger partial charge >= 0.3 is 0 Å². The molecule has 33 heavy (non-hydrogen) atoms. The van der Waals surface area contributed by atoms with E-state index >= 15 is 0 Å². The molecule has 1 aliphatic heterocycles. The summed E-state index contributed by atoms with van der Waals surface area (Å²) in [6.45, 7) is 8.80. The first-order chi connectivity index (χ1) is 16.0. The predicted molar refractivity (Wildman–Crippen MR) is 139 cm³/mol. The first-order valence-electron chi connectivity index (χ1n) is 12.0. The molecule has 1 N–H and O–H groups in total. The highest BCUT2D eigenvalue weighted by Gasteiger charge is 2.28. The maximum Gasteiger partial charge on any atom is 0.109 e. The normalized spacial score (nSPS) is 15.0. The van der Waals surface area contributed by atoms with Crippen LogP contribution in [-0.4, -0.2) is 15.7 Å². The van der Waals surface area contributed by atoms with Crippen molar-refractivity contribution in [2.24, 2.45) is 10.9 Å². The lowest BCUT2D eigenvalue weighted by Crippen LogP contribution is -2.05. The summed E-state index contributed by atoms with van der Waals surface area (Å²) < 4.78 is 0. The lowest BCUT2D eigenvalue weighted by Gasteiger charge is -2.11. The number of aromatic amines is 1. The molecule has 3 nitrogen and oxygen atoms in total. The first kappa shape index (κ1) is 20.2. The second kappa shape index (κ2) is 7.55. The Balaban J connectivity index is 1.29. The molecule has 0 unspecified atom stereocenters. The third-order valence-electron chi connectivity index (χ3n) is 7.07. The fourth-order valence-electron chi connectivity index (χ4n) is 5.06. The van der Waals surface area contributed by atoms with Gasteiger partial charge in [-0.1, -0.05) is 70.2 Å². The Morgan fingerprint density at radius 1 is 0.758 bits per heavy atom. The van der Waals surface area contributed by atoms with Crippen LogP contribution in [0.5, 0.6) is 0 Å². The number of hydrogen-bond donors (Lipinski definition) is 1. The molecule has 0 saturated carbocycles. The fraction of sp³-hybridized carbons (Fsp3) is 0.267. The van der Waals surface area contributed by atoms with Gasteiger partial charge in [-0.3, -0.25) is 4.99 Å². The van der Waals surface area contributed by atoms with Crippen molar-refractivity contribution >= 4 is 22.1 Å². The van der Waals surface area contributed by atoms with Crippen molar-refractivity contribution in [3.05, 3.63) is 83.4 Å². The second-order valence-corrected chi connectivity index (χ2v) is 10.0. The van der Waals surface area contributed by atoms with E-state index in [1.54, 1.807) is 0 Å². The molecule has 3 heteroatoms. The zero-order chi connectivity index (χ0) is 22.7. The maximum atomic E-state index is 4.94. The predicted octanol–water partition coefficient (Wildman–Crippen LogP) is 7.79. The largest absolute Gasteiger partial charge is 0.342 e. The SMILES string of the molecule is CC(C)C1=NC2=C(C1)c1ccc(-c3ccc4cc(-c5cnc(C(C)C)[nH]5)ccc4c3)cc1C2. The summed E-state index contributed by atoms with van der Waals surface area (Å²) in [5, 5.41) is 2.50. The zero-order valence-corrected chi connectivity index (χ0v) is 19.7. The van der Waals surface area contributed by atoms with Gasteiger partial charge in [0.05, 0.1) is 11.9 Å². The van der Waals surface area contributed by atoms with E-state index in [4.69, 9.17) is 4.99 Å². The molecule has 3 aromatic carbocycles. The quantitative estimate of drug-likeness (QED) is 0.352. The Morgan fingerprint density at radius 3 is 2.18 bits per heavy atom. The molecule has 164 valence electrons. The highest BCUT2D eigenvalue weighted by molar-refractivity contribution is 6.03. The van der Waals surface area contributed by atoms with E-state index in [1.807, 2.05) is 6.20 Å². The Morgan fingerprint density at radius 2 is 1.45 bits per heavy atom. The lowest BCUT2D eigenvalue weighted by molar-refractivity contribution is 0.795. The summed E-state index contributed by atoms with van der Waals surface area (Å²) in [6, 6.07) is 20.4. The van der Waals surface area contributed by atoms with Crippen LogP contribution in [0.25, 0.3) is 38.7 Å². The summed E-state index contributed by atoms with van der Waals surface area (Å²) in [6.07, 6.45) is 3.93. The van der Waals surface area contributed by atoms with Gasteiger partial charge in [-0.2, -0.15) is 0 Å². The summed E-state index contributed by atoms with van der Waals surface area (Å²) in [4.78, 5) is 12.9. The molecule has 0 radical (unpaired) electrons. The zero-order valence-electron chi connectivity index (χ0n) is 19.7. The minimum Gasteiger partial charge on any atom is -0.342 e. The van der Waals surface area contributed by atoms with Gasteiger partial charge in [0.2, 0.25) is 0 Å². The van der Waals surface area contributed by atoms with Crippen LogP contribution in [0, 0.1) is 5.92 Å². The number of aromatic nitrogens is 2. The van der Waals surface area contributed by atoms with Gasteiger partial charge in [0.25, 0.3) is 0 Å². The molecule has 4 aromatic rings. The minimum atomic E-state index is 0.398. The average Bonchev–Trinajstić information content (AvgIpc) is 3.52. The third-order valence-corrected chi connectivity index (χ3v) is 7.07. The van der Waals surface area contributed by atoms with Gasteiger partial charge in [0.15, 0.2) is 0 Å². The molecule has 0 bridgehead atoms. The van der Waals surface area contributed by atoms with Crippen molar-refractivity contribution in [2.45, 2.75) is 46.5 Å². The van der Waals surface area contributed by atoms with Crippen LogP contribution >= 0.6 is 0 Å². The van der Waals surface area contributed by atoms with Crippen LogP contribution in [0.1, 0.15) is 57.0 Å². The molecule has 0 fully saturated rings. The molecule has 1 aliphatic carbocycles. The number of fused-ring (bicyclic) bond motifs is 3. The second-order valence-electron chi connectivity index (χ2n) is 10.0. The van der Waals surface area contributed by atoms with E-state index in [-0.39, 0.29) is 0 Å². The van der Waals surface area contributed by atoms with Gasteiger partial charge in [-0.25, -0.2) is 4.98 Å². The van der Waals surface area contributed by atoms with Gasteiger partial charge in [-0.15, -0.1) is 0 Å². The van der Waals surface area contributed by atoms with Gasteiger partial charge in [0.1, 0.15) is 5.82 Å². The molecule has 0 saturated heterocycles. The van der Waals surface area contributed by atoms with Crippen molar-refractivity contribution in [1.82, 2.24) is 9.97 Å². The number of nitrogens with zero attached hydrogens (tertiary/aromatic N) is 2. The highest BCUT2D eigenvalue weighted by atomic mass is 14.9. The van der Waals surface area contributed by atoms with Crippen molar-refractivity contribution in [2.75, 3.05) is 0 Å². The van der Waals surface area contributed by atoms with Gasteiger partial charge in [-0.05, 0) is 56.6 Å². The number of benzene rings is 3. The first-order valence-corrected chi connectivity index (χ1v) is 12.0. The summed E-state index contributed by atoms with van der Waals surface area (Å²) in [7, 11) is 0. The van der Waals surface area contributed by atoms with Crippen LogP contribution in [0.3, 0.4) is 0 Å².